The Balaban J connectivity index is 1.51. The van der Waals surface area contributed by atoms with Crippen LogP contribution in [0.15, 0.2) is 47.6 Å². The summed E-state index contributed by atoms with van der Waals surface area (Å²) in [6.07, 6.45) is 9.64. The normalized spacial score (nSPS) is 17.1. The molecule has 0 unspecified atom stereocenters. The van der Waals surface area contributed by atoms with Crippen molar-refractivity contribution in [3.05, 3.63) is 54.6 Å². The molecule has 1 aliphatic rings. The van der Waals surface area contributed by atoms with Crippen molar-refractivity contribution in [2.45, 2.75) is 25.4 Å². The van der Waals surface area contributed by atoms with Crippen LogP contribution in [0, 0.1) is 0 Å². The second-order valence-corrected chi connectivity index (χ2v) is 5.89. The first-order valence-electron chi connectivity index (χ1n) is 8.13. The number of nitrogens with one attached hydrogen (secondary N) is 1. The Morgan fingerprint density at radius 1 is 1.28 bits per heavy atom. The number of imidazole rings is 1. The van der Waals surface area contributed by atoms with E-state index >= 15 is 0 Å². The molecule has 4 rings (SSSR count). The molecule has 8 heteroatoms. The molecule has 1 aliphatic heterocycles. The van der Waals surface area contributed by atoms with Crippen molar-refractivity contribution in [2.75, 3.05) is 6.54 Å². The van der Waals surface area contributed by atoms with Gasteiger partial charge >= 0.3 is 0 Å². The molecule has 0 spiro atoms. The minimum absolute atomic E-state index is 0.183. The molecular formula is C17H17N5O3. The fourth-order valence-electron chi connectivity index (χ4n) is 3.13. The molecular weight excluding hydrogens is 322 g/mol. The van der Waals surface area contributed by atoms with E-state index in [-0.39, 0.29) is 17.5 Å². The summed E-state index contributed by atoms with van der Waals surface area (Å²) in [5.74, 6) is 0.220. The van der Waals surface area contributed by atoms with Gasteiger partial charge in [0.15, 0.2) is 11.3 Å². The Labute approximate surface area is 143 Å². The number of nitrogens with zero attached hydrogens (tertiary/aromatic N) is 4. The van der Waals surface area contributed by atoms with Crippen molar-refractivity contribution in [3.8, 4) is 0 Å². The van der Waals surface area contributed by atoms with Gasteiger partial charge < -0.3 is 19.0 Å². The molecule has 128 valence electrons. The maximum absolute atomic E-state index is 12.9. The van der Waals surface area contributed by atoms with Crippen molar-refractivity contribution in [3.63, 3.8) is 0 Å². The van der Waals surface area contributed by atoms with Gasteiger partial charge in [-0.2, -0.15) is 0 Å². The van der Waals surface area contributed by atoms with Gasteiger partial charge in [-0.25, -0.2) is 9.97 Å². The van der Waals surface area contributed by atoms with Gasteiger partial charge in [0.2, 0.25) is 5.91 Å². The number of likely N-dealkylation sites (tertiary alicyclic amines) is 1. The first-order chi connectivity index (χ1) is 12.2. The maximum Gasteiger partial charge on any atom is 0.277 e. The number of amides is 2. The van der Waals surface area contributed by atoms with Gasteiger partial charge in [-0.15, -0.1) is 0 Å². The molecule has 1 fully saturated rings. The highest BCUT2D eigenvalue weighted by Crippen LogP contribution is 2.21. The molecule has 1 atom stereocenters. The summed E-state index contributed by atoms with van der Waals surface area (Å²) in [7, 11) is 0. The molecule has 0 aromatic carbocycles. The maximum atomic E-state index is 12.9. The van der Waals surface area contributed by atoms with Crippen LogP contribution in [-0.2, 0) is 11.3 Å². The Bertz CT molecular complexity index is 902. The Kier molecular flexibility index (Phi) is 3.93. The quantitative estimate of drug-likeness (QED) is 0.772. The number of aromatic nitrogens is 3. The topological polar surface area (TPSA) is 92.7 Å². The molecule has 1 N–H and O–H groups in total. The highest BCUT2D eigenvalue weighted by atomic mass is 16.3. The molecule has 3 aromatic heterocycles. The average molecular weight is 339 g/mol. The monoisotopic (exact) mass is 339 g/mol. The van der Waals surface area contributed by atoms with E-state index < -0.39 is 6.04 Å². The van der Waals surface area contributed by atoms with Gasteiger partial charge in [-0.05, 0) is 25.0 Å². The zero-order valence-electron chi connectivity index (χ0n) is 13.5. The Morgan fingerprint density at radius 2 is 2.12 bits per heavy atom. The lowest BCUT2D eigenvalue weighted by molar-refractivity contribution is -0.125. The summed E-state index contributed by atoms with van der Waals surface area (Å²) in [5, 5.41) is 2.83. The smallest absolute Gasteiger partial charge is 0.277 e. The second-order valence-electron chi connectivity index (χ2n) is 5.89. The highest BCUT2D eigenvalue weighted by Gasteiger charge is 2.35. The number of hydrogen-bond donors (Lipinski definition) is 1. The largest absolute Gasteiger partial charge is 0.467 e. The van der Waals surface area contributed by atoms with E-state index in [1.807, 2.05) is 0 Å². The number of fused-ring (bicyclic) bond motifs is 1. The average Bonchev–Trinajstić information content (AvgIpc) is 3.39. The summed E-state index contributed by atoms with van der Waals surface area (Å²) in [6, 6.07) is 3.06. The molecule has 8 nitrogen and oxygen atoms in total. The number of rotatable bonds is 4. The van der Waals surface area contributed by atoms with Crippen molar-refractivity contribution < 1.29 is 14.0 Å². The molecule has 2 amide bonds. The van der Waals surface area contributed by atoms with Crippen LogP contribution in [0.1, 0.15) is 29.1 Å². The summed E-state index contributed by atoms with van der Waals surface area (Å²) in [6.45, 7) is 0.833. The fraction of sp³-hybridized carbons (Fsp3) is 0.294. The van der Waals surface area contributed by atoms with Crippen molar-refractivity contribution in [2.24, 2.45) is 0 Å². The van der Waals surface area contributed by atoms with E-state index in [4.69, 9.17) is 4.42 Å². The van der Waals surface area contributed by atoms with Gasteiger partial charge in [0.25, 0.3) is 5.91 Å². The van der Waals surface area contributed by atoms with Crippen LogP contribution >= 0.6 is 0 Å². The minimum atomic E-state index is -0.500. The lowest BCUT2D eigenvalue weighted by Crippen LogP contribution is -2.46. The Hall–Kier alpha value is -3.16. The summed E-state index contributed by atoms with van der Waals surface area (Å²) in [5.41, 5.74) is 0.757. The van der Waals surface area contributed by atoms with E-state index in [2.05, 4.69) is 15.3 Å². The third-order valence-corrected chi connectivity index (χ3v) is 4.35. The zero-order chi connectivity index (χ0) is 17.2. The van der Waals surface area contributed by atoms with Gasteiger partial charge in [0, 0.05) is 31.3 Å². The third kappa shape index (κ3) is 2.86. The molecule has 0 saturated carbocycles. The minimum Gasteiger partial charge on any atom is -0.467 e. The first-order valence-corrected chi connectivity index (χ1v) is 8.13. The SMILES string of the molecule is O=C(NCc1ccco1)[C@H]1CCCN1C(=O)c1nccn2ccnc12. The van der Waals surface area contributed by atoms with Gasteiger partial charge in [0.1, 0.15) is 11.8 Å². The summed E-state index contributed by atoms with van der Waals surface area (Å²) < 4.78 is 6.95. The predicted molar refractivity (Wildman–Crippen MR) is 87.6 cm³/mol. The van der Waals surface area contributed by atoms with Crippen molar-refractivity contribution >= 4 is 17.5 Å². The molecule has 3 aromatic rings. The van der Waals surface area contributed by atoms with Gasteiger partial charge in [0.05, 0.1) is 12.8 Å². The fourth-order valence-corrected chi connectivity index (χ4v) is 3.13. The molecule has 0 aliphatic carbocycles. The van der Waals surface area contributed by atoms with E-state index in [0.29, 0.717) is 30.9 Å². The van der Waals surface area contributed by atoms with Crippen LogP contribution < -0.4 is 5.32 Å². The van der Waals surface area contributed by atoms with E-state index in [0.717, 1.165) is 6.42 Å². The number of hydrogen-bond acceptors (Lipinski definition) is 5. The number of carbonyl (C=O) groups is 2. The van der Waals surface area contributed by atoms with Crippen LogP contribution in [0.2, 0.25) is 0 Å². The van der Waals surface area contributed by atoms with Gasteiger partial charge in [-0.3, -0.25) is 9.59 Å². The van der Waals surface area contributed by atoms with Crippen LogP contribution in [0.3, 0.4) is 0 Å². The number of carbonyl (C=O) groups excluding carboxylic acids is 2. The lowest BCUT2D eigenvalue weighted by Gasteiger charge is -2.23. The lowest BCUT2D eigenvalue weighted by atomic mass is 10.2. The van der Waals surface area contributed by atoms with E-state index in [9.17, 15) is 9.59 Å². The van der Waals surface area contributed by atoms with Crippen LogP contribution in [0.25, 0.3) is 5.65 Å². The standard InChI is InChI=1S/C17H17N5O3/c23-16(20-11-12-3-2-10-25-12)13-4-1-7-22(13)17(24)14-15-19-6-9-21(15)8-5-18-14/h2-3,5-6,8-10,13H,1,4,7,11H2,(H,20,23)/t13-/m1/s1. The van der Waals surface area contributed by atoms with E-state index in [1.165, 1.54) is 0 Å². The number of furan rings is 1. The first kappa shape index (κ1) is 15.4. The van der Waals surface area contributed by atoms with Crippen molar-refractivity contribution in [1.82, 2.24) is 24.6 Å². The Morgan fingerprint density at radius 3 is 2.92 bits per heavy atom. The molecule has 0 bridgehead atoms. The van der Waals surface area contributed by atoms with E-state index in [1.54, 1.807) is 52.5 Å². The van der Waals surface area contributed by atoms with Crippen LogP contribution in [-0.4, -0.2) is 43.7 Å². The summed E-state index contributed by atoms with van der Waals surface area (Å²) in [4.78, 5) is 35.4. The van der Waals surface area contributed by atoms with Crippen molar-refractivity contribution in [1.29, 1.82) is 0 Å². The predicted octanol–water partition coefficient (Wildman–Crippen LogP) is 1.24. The van der Waals surface area contributed by atoms with Gasteiger partial charge in [-0.1, -0.05) is 0 Å². The van der Waals surface area contributed by atoms with Crippen LogP contribution in [0.4, 0.5) is 0 Å². The molecule has 4 heterocycles. The highest BCUT2D eigenvalue weighted by molar-refractivity contribution is 6.00. The zero-order valence-corrected chi connectivity index (χ0v) is 13.5. The molecule has 0 radical (unpaired) electrons. The summed E-state index contributed by atoms with van der Waals surface area (Å²) >= 11 is 0. The third-order valence-electron chi connectivity index (χ3n) is 4.35. The van der Waals surface area contributed by atoms with Crippen LogP contribution in [0.5, 0.6) is 0 Å². The molecule has 1 saturated heterocycles. The molecule has 25 heavy (non-hydrogen) atoms. The second kappa shape index (κ2) is 6.39.